The zero-order valence-electron chi connectivity index (χ0n) is 12.6. The molecule has 1 amide bonds. The summed E-state index contributed by atoms with van der Waals surface area (Å²) >= 11 is 0. The number of benzene rings is 2. The van der Waals surface area contributed by atoms with E-state index in [2.05, 4.69) is 4.74 Å². The van der Waals surface area contributed by atoms with Crippen LogP contribution < -0.4 is 4.90 Å². The maximum absolute atomic E-state index is 12.7. The molecule has 0 bridgehead atoms. The number of carbonyl (C=O) groups excluding carboxylic acids is 2. The first-order valence-corrected chi connectivity index (χ1v) is 7.20. The van der Waals surface area contributed by atoms with Gasteiger partial charge in [-0.2, -0.15) is 0 Å². The van der Waals surface area contributed by atoms with Gasteiger partial charge in [0.25, 0.3) is 5.91 Å². The number of ether oxygens (including phenoxy) is 1. The number of aryl methyl sites for hydroxylation is 1. The molecule has 1 aliphatic heterocycles. The van der Waals surface area contributed by atoms with Gasteiger partial charge >= 0.3 is 5.97 Å². The van der Waals surface area contributed by atoms with Gasteiger partial charge in [0.2, 0.25) is 0 Å². The molecule has 4 heteroatoms. The van der Waals surface area contributed by atoms with Crippen LogP contribution in [0.4, 0.5) is 5.69 Å². The van der Waals surface area contributed by atoms with Crippen molar-refractivity contribution in [3.8, 4) is 0 Å². The Morgan fingerprint density at radius 2 is 1.86 bits per heavy atom. The molecule has 0 aromatic heterocycles. The van der Waals surface area contributed by atoms with Crippen molar-refractivity contribution >= 4 is 17.6 Å². The highest BCUT2D eigenvalue weighted by molar-refractivity contribution is 6.08. The zero-order chi connectivity index (χ0) is 15.7. The third kappa shape index (κ3) is 2.48. The second-order valence-corrected chi connectivity index (χ2v) is 5.41. The molecule has 0 saturated heterocycles. The van der Waals surface area contributed by atoms with Crippen molar-refractivity contribution < 1.29 is 14.3 Å². The van der Waals surface area contributed by atoms with E-state index in [1.165, 1.54) is 7.11 Å². The van der Waals surface area contributed by atoms with Crippen LogP contribution in [0.25, 0.3) is 0 Å². The van der Waals surface area contributed by atoms with Gasteiger partial charge in [-0.05, 0) is 49.2 Å². The summed E-state index contributed by atoms with van der Waals surface area (Å²) in [4.78, 5) is 25.9. The SMILES string of the molecule is COC(=O)c1ccc(N2CCc3ccc(C)cc3C2=O)cc1. The van der Waals surface area contributed by atoms with E-state index in [4.69, 9.17) is 0 Å². The molecule has 2 aromatic rings. The first kappa shape index (κ1) is 14.3. The smallest absolute Gasteiger partial charge is 0.337 e. The summed E-state index contributed by atoms with van der Waals surface area (Å²) in [6, 6.07) is 12.9. The van der Waals surface area contributed by atoms with E-state index in [0.29, 0.717) is 12.1 Å². The maximum atomic E-state index is 12.7. The van der Waals surface area contributed by atoms with Crippen LogP contribution in [0.2, 0.25) is 0 Å². The highest BCUT2D eigenvalue weighted by Gasteiger charge is 2.25. The molecule has 0 saturated carbocycles. The van der Waals surface area contributed by atoms with E-state index in [-0.39, 0.29) is 11.9 Å². The number of rotatable bonds is 2. The van der Waals surface area contributed by atoms with Crippen molar-refractivity contribution in [1.82, 2.24) is 0 Å². The summed E-state index contributed by atoms with van der Waals surface area (Å²) in [5, 5.41) is 0. The lowest BCUT2D eigenvalue weighted by molar-refractivity contribution is 0.0600. The second-order valence-electron chi connectivity index (χ2n) is 5.41. The Kier molecular flexibility index (Phi) is 3.67. The minimum Gasteiger partial charge on any atom is -0.465 e. The number of esters is 1. The molecular weight excluding hydrogens is 278 g/mol. The number of carbonyl (C=O) groups is 2. The Morgan fingerprint density at radius 3 is 2.55 bits per heavy atom. The Morgan fingerprint density at radius 1 is 1.14 bits per heavy atom. The van der Waals surface area contributed by atoms with Crippen LogP contribution in [0.3, 0.4) is 0 Å². The summed E-state index contributed by atoms with van der Waals surface area (Å²) in [6.45, 7) is 2.63. The summed E-state index contributed by atoms with van der Waals surface area (Å²) in [5.74, 6) is -0.367. The number of anilines is 1. The van der Waals surface area contributed by atoms with Gasteiger partial charge in [-0.25, -0.2) is 4.79 Å². The molecule has 22 heavy (non-hydrogen) atoms. The second kappa shape index (κ2) is 5.64. The molecule has 0 spiro atoms. The van der Waals surface area contributed by atoms with Crippen LogP contribution in [0.5, 0.6) is 0 Å². The third-order valence-electron chi connectivity index (χ3n) is 3.95. The highest BCUT2D eigenvalue weighted by atomic mass is 16.5. The van der Waals surface area contributed by atoms with E-state index in [0.717, 1.165) is 28.8 Å². The fraction of sp³-hybridized carbons (Fsp3) is 0.222. The van der Waals surface area contributed by atoms with E-state index < -0.39 is 0 Å². The highest BCUT2D eigenvalue weighted by Crippen LogP contribution is 2.25. The Bertz CT molecular complexity index is 734. The molecule has 0 fully saturated rings. The summed E-state index contributed by atoms with van der Waals surface area (Å²) in [5.41, 5.74) is 4.22. The average Bonchev–Trinajstić information content (AvgIpc) is 2.55. The van der Waals surface area contributed by atoms with E-state index in [9.17, 15) is 9.59 Å². The third-order valence-corrected chi connectivity index (χ3v) is 3.95. The van der Waals surface area contributed by atoms with Crippen LogP contribution in [-0.4, -0.2) is 25.5 Å². The molecule has 1 aliphatic rings. The van der Waals surface area contributed by atoms with Crippen LogP contribution in [0.1, 0.15) is 31.8 Å². The Balaban J connectivity index is 1.90. The molecule has 2 aromatic carbocycles. The van der Waals surface area contributed by atoms with Gasteiger partial charge in [0.05, 0.1) is 12.7 Å². The molecule has 0 radical (unpaired) electrons. The van der Waals surface area contributed by atoms with Gasteiger partial charge in [0.1, 0.15) is 0 Å². The van der Waals surface area contributed by atoms with Gasteiger partial charge in [0, 0.05) is 17.8 Å². The van der Waals surface area contributed by atoms with Crippen molar-refractivity contribution in [2.75, 3.05) is 18.6 Å². The fourth-order valence-corrected chi connectivity index (χ4v) is 2.73. The van der Waals surface area contributed by atoms with Gasteiger partial charge in [-0.15, -0.1) is 0 Å². The summed E-state index contributed by atoms with van der Waals surface area (Å²) in [6.07, 6.45) is 0.833. The number of hydrogen-bond acceptors (Lipinski definition) is 3. The molecule has 1 heterocycles. The predicted octanol–water partition coefficient (Wildman–Crippen LogP) is 2.98. The molecule has 0 unspecified atom stereocenters. The molecule has 4 nitrogen and oxygen atoms in total. The topological polar surface area (TPSA) is 46.6 Å². The number of amides is 1. The van der Waals surface area contributed by atoms with Crippen molar-refractivity contribution in [2.24, 2.45) is 0 Å². The van der Waals surface area contributed by atoms with E-state index in [1.54, 1.807) is 29.2 Å². The molecule has 3 rings (SSSR count). The van der Waals surface area contributed by atoms with Crippen LogP contribution in [-0.2, 0) is 11.2 Å². The van der Waals surface area contributed by atoms with Gasteiger partial charge in [-0.3, -0.25) is 4.79 Å². The van der Waals surface area contributed by atoms with Crippen molar-refractivity contribution in [3.63, 3.8) is 0 Å². The zero-order valence-corrected chi connectivity index (χ0v) is 12.6. The monoisotopic (exact) mass is 295 g/mol. The van der Waals surface area contributed by atoms with E-state index >= 15 is 0 Å². The first-order valence-electron chi connectivity index (χ1n) is 7.20. The van der Waals surface area contributed by atoms with Crippen molar-refractivity contribution in [1.29, 1.82) is 0 Å². The quantitative estimate of drug-likeness (QED) is 0.800. The van der Waals surface area contributed by atoms with Gasteiger partial charge in [0.15, 0.2) is 0 Å². The van der Waals surface area contributed by atoms with Crippen LogP contribution >= 0.6 is 0 Å². The Labute approximate surface area is 129 Å². The van der Waals surface area contributed by atoms with Gasteiger partial charge < -0.3 is 9.64 Å². The lowest BCUT2D eigenvalue weighted by atomic mass is 9.96. The predicted molar refractivity (Wildman–Crippen MR) is 84.3 cm³/mol. The van der Waals surface area contributed by atoms with Crippen molar-refractivity contribution in [2.45, 2.75) is 13.3 Å². The number of nitrogens with zero attached hydrogens (tertiary/aromatic N) is 1. The number of hydrogen-bond donors (Lipinski definition) is 0. The maximum Gasteiger partial charge on any atom is 0.337 e. The summed E-state index contributed by atoms with van der Waals surface area (Å²) in [7, 11) is 1.35. The van der Waals surface area contributed by atoms with Crippen LogP contribution in [0.15, 0.2) is 42.5 Å². The minimum absolute atomic E-state index is 0.00997. The van der Waals surface area contributed by atoms with Crippen LogP contribution in [0, 0.1) is 6.92 Å². The summed E-state index contributed by atoms with van der Waals surface area (Å²) < 4.78 is 4.68. The minimum atomic E-state index is -0.377. The lowest BCUT2D eigenvalue weighted by Gasteiger charge is -2.29. The van der Waals surface area contributed by atoms with Gasteiger partial charge in [-0.1, -0.05) is 17.7 Å². The van der Waals surface area contributed by atoms with Crippen molar-refractivity contribution in [3.05, 3.63) is 64.7 Å². The fourth-order valence-electron chi connectivity index (χ4n) is 2.73. The molecule has 0 aliphatic carbocycles. The molecule has 0 atom stereocenters. The molecule has 112 valence electrons. The Hall–Kier alpha value is -2.62. The number of methoxy groups -OCH3 is 1. The molecule has 0 N–H and O–H groups in total. The average molecular weight is 295 g/mol. The lowest BCUT2D eigenvalue weighted by Crippen LogP contribution is -2.37. The first-order chi connectivity index (χ1) is 10.6. The largest absolute Gasteiger partial charge is 0.465 e. The standard InChI is InChI=1S/C18H17NO3/c1-12-3-4-13-9-10-19(17(20)16(13)11-12)15-7-5-14(6-8-15)18(21)22-2/h3-8,11H,9-10H2,1-2H3. The normalized spacial score (nSPS) is 13.7. The molecular formula is C18H17NO3. The van der Waals surface area contributed by atoms with E-state index in [1.807, 2.05) is 25.1 Å². The number of fused-ring (bicyclic) bond motifs is 1.